The monoisotopic (exact) mass is 205 g/mol. The lowest BCUT2D eigenvalue weighted by atomic mass is 10.1. The first-order valence-corrected chi connectivity index (χ1v) is 4.27. The fourth-order valence-electron chi connectivity index (χ4n) is 1.31. The summed E-state index contributed by atoms with van der Waals surface area (Å²) < 4.78 is 0. The van der Waals surface area contributed by atoms with Gasteiger partial charge in [0.2, 0.25) is 0 Å². The normalized spacial score (nSPS) is 9.14. The molecule has 0 heterocycles. The minimum Gasteiger partial charge on any atom is -0.399 e. The molecule has 72 valence electrons. The molecule has 0 spiro atoms. The molecule has 0 saturated heterocycles. The van der Waals surface area contributed by atoms with Crippen molar-refractivity contribution in [3.8, 4) is 11.1 Å². The van der Waals surface area contributed by atoms with Crippen LogP contribution in [0.5, 0.6) is 0 Å². The molecular weight excluding hydrogens is 194 g/mol. The number of hydrogen-bond donors (Lipinski definition) is 1. The van der Waals surface area contributed by atoms with E-state index in [0.717, 1.165) is 5.69 Å². The first kappa shape index (κ1) is 10.6. The van der Waals surface area contributed by atoms with Crippen molar-refractivity contribution in [2.45, 2.75) is 0 Å². The molecule has 0 aliphatic carbocycles. The molecule has 0 amide bonds. The molecule has 0 bridgehead atoms. The number of anilines is 1. The van der Waals surface area contributed by atoms with E-state index in [1.165, 1.54) is 11.1 Å². The lowest BCUT2D eigenvalue weighted by Gasteiger charge is -2.00. The average Bonchev–Trinajstić information content (AvgIpc) is 2.20. The second-order valence-corrected chi connectivity index (χ2v) is 2.99. The van der Waals surface area contributed by atoms with Gasteiger partial charge in [0.05, 0.1) is 0 Å². The SMILES string of the molecule is Cl.Nc1ccc(-c2ccccc2)cc1. The van der Waals surface area contributed by atoms with Crippen molar-refractivity contribution in [2.75, 3.05) is 5.73 Å². The van der Waals surface area contributed by atoms with Crippen LogP contribution in [0.4, 0.5) is 5.69 Å². The molecule has 0 radical (unpaired) electrons. The highest BCUT2D eigenvalue weighted by Crippen LogP contribution is 2.19. The zero-order valence-electron chi connectivity index (χ0n) is 7.68. The zero-order valence-corrected chi connectivity index (χ0v) is 8.50. The summed E-state index contributed by atoms with van der Waals surface area (Å²) in [4.78, 5) is 0. The first-order valence-electron chi connectivity index (χ1n) is 4.27. The summed E-state index contributed by atoms with van der Waals surface area (Å²) in [6.45, 7) is 0. The largest absolute Gasteiger partial charge is 0.399 e. The van der Waals surface area contributed by atoms with Crippen molar-refractivity contribution < 1.29 is 0 Å². The topological polar surface area (TPSA) is 26.0 Å². The smallest absolute Gasteiger partial charge is 0.0314 e. The Bertz CT molecular complexity index is 381. The second-order valence-electron chi connectivity index (χ2n) is 2.99. The van der Waals surface area contributed by atoms with Crippen LogP contribution < -0.4 is 5.73 Å². The van der Waals surface area contributed by atoms with Crippen LogP contribution in [0.2, 0.25) is 0 Å². The van der Waals surface area contributed by atoms with E-state index in [9.17, 15) is 0 Å². The summed E-state index contributed by atoms with van der Waals surface area (Å²) in [6.07, 6.45) is 0. The van der Waals surface area contributed by atoms with Gasteiger partial charge < -0.3 is 5.73 Å². The quantitative estimate of drug-likeness (QED) is 0.710. The van der Waals surface area contributed by atoms with Crippen LogP contribution in [-0.2, 0) is 0 Å². The van der Waals surface area contributed by atoms with Gasteiger partial charge >= 0.3 is 0 Å². The highest BCUT2D eigenvalue weighted by Gasteiger charge is 1.94. The lowest BCUT2D eigenvalue weighted by Crippen LogP contribution is -1.83. The van der Waals surface area contributed by atoms with Gasteiger partial charge in [0.15, 0.2) is 0 Å². The molecule has 1 nitrogen and oxygen atoms in total. The molecule has 0 fully saturated rings. The molecule has 2 aromatic carbocycles. The Morgan fingerprint density at radius 1 is 0.643 bits per heavy atom. The lowest BCUT2D eigenvalue weighted by molar-refractivity contribution is 1.61. The Morgan fingerprint density at radius 2 is 1.14 bits per heavy atom. The second kappa shape index (κ2) is 4.68. The number of halogens is 1. The van der Waals surface area contributed by atoms with Crippen molar-refractivity contribution in [3.05, 3.63) is 54.6 Å². The van der Waals surface area contributed by atoms with Crippen LogP contribution in [0.3, 0.4) is 0 Å². The molecule has 0 atom stereocenters. The highest BCUT2D eigenvalue weighted by molar-refractivity contribution is 5.85. The van der Waals surface area contributed by atoms with Crippen LogP contribution in [0.1, 0.15) is 0 Å². The summed E-state index contributed by atoms with van der Waals surface area (Å²) in [5.74, 6) is 0. The van der Waals surface area contributed by atoms with Crippen molar-refractivity contribution >= 4 is 18.1 Å². The first-order chi connectivity index (χ1) is 6.36. The fourth-order valence-corrected chi connectivity index (χ4v) is 1.31. The van der Waals surface area contributed by atoms with Crippen LogP contribution >= 0.6 is 12.4 Å². The van der Waals surface area contributed by atoms with Crippen LogP contribution in [0.25, 0.3) is 11.1 Å². The summed E-state index contributed by atoms with van der Waals surface area (Å²) in [6, 6.07) is 18.2. The maximum atomic E-state index is 5.60. The van der Waals surface area contributed by atoms with Gasteiger partial charge in [-0.2, -0.15) is 0 Å². The van der Waals surface area contributed by atoms with Crippen LogP contribution in [0, 0.1) is 0 Å². The molecule has 2 heteroatoms. The van der Waals surface area contributed by atoms with Crippen molar-refractivity contribution in [3.63, 3.8) is 0 Å². The Morgan fingerprint density at radius 3 is 1.71 bits per heavy atom. The van der Waals surface area contributed by atoms with Crippen molar-refractivity contribution in [1.82, 2.24) is 0 Å². The highest BCUT2D eigenvalue weighted by atomic mass is 35.5. The molecule has 2 rings (SSSR count). The minimum atomic E-state index is 0. The Kier molecular flexibility index (Phi) is 3.55. The van der Waals surface area contributed by atoms with Gasteiger partial charge in [-0.3, -0.25) is 0 Å². The Balaban J connectivity index is 0.000000980. The van der Waals surface area contributed by atoms with Gasteiger partial charge in [-0.1, -0.05) is 42.5 Å². The number of nitrogen functional groups attached to an aromatic ring is 1. The van der Waals surface area contributed by atoms with Gasteiger partial charge in [-0.05, 0) is 23.3 Å². The van der Waals surface area contributed by atoms with Crippen LogP contribution in [-0.4, -0.2) is 0 Å². The minimum absolute atomic E-state index is 0. The van der Waals surface area contributed by atoms with Gasteiger partial charge in [-0.15, -0.1) is 12.4 Å². The number of rotatable bonds is 1. The Labute approximate surface area is 90.0 Å². The third-order valence-electron chi connectivity index (χ3n) is 2.02. The average molecular weight is 206 g/mol. The third-order valence-corrected chi connectivity index (χ3v) is 2.02. The number of hydrogen-bond acceptors (Lipinski definition) is 1. The molecule has 14 heavy (non-hydrogen) atoms. The third kappa shape index (κ3) is 2.27. The summed E-state index contributed by atoms with van der Waals surface area (Å²) >= 11 is 0. The van der Waals surface area contributed by atoms with Gasteiger partial charge in [0, 0.05) is 5.69 Å². The van der Waals surface area contributed by atoms with Crippen molar-refractivity contribution in [1.29, 1.82) is 0 Å². The molecule has 0 aliphatic heterocycles. The van der Waals surface area contributed by atoms with Gasteiger partial charge in [0.25, 0.3) is 0 Å². The molecule has 0 aliphatic rings. The summed E-state index contributed by atoms with van der Waals surface area (Å²) in [7, 11) is 0. The van der Waals surface area contributed by atoms with Crippen LogP contribution in [0.15, 0.2) is 54.6 Å². The van der Waals surface area contributed by atoms with Gasteiger partial charge in [-0.25, -0.2) is 0 Å². The van der Waals surface area contributed by atoms with E-state index < -0.39 is 0 Å². The Hall–Kier alpha value is -1.47. The molecule has 0 saturated carbocycles. The molecule has 2 N–H and O–H groups in total. The predicted molar refractivity (Wildman–Crippen MR) is 63.5 cm³/mol. The standard InChI is InChI=1S/C12H11N.ClH/c13-12-8-6-11(7-9-12)10-4-2-1-3-5-10;/h1-9H,13H2;1H. The van der Waals surface area contributed by atoms with E-state index in [1.54, 1.807) is 0 Å². The summed E-state index contributed by atoms with van der Waals surface area (Å²) in [5, 5.41) is 0. The molecular formula is C12H12ClN. The van der Waals surface area contributed by atoms with E-state index >= 15 is 0 Å². The van der Waals surface area contributed by atoms with E-state index in [1.807, 2.05) is 42.5 Å². The summed E-state index contributed by atoms with van der Waals surface area (Å²) in [5.41, 5.74) is 8.84. The zero-order chi connectivity index (χ0) is 9.10. The molecule has 0 unspecified atom stereocenters. The molecule has 0 aromatic heterocycles. The van der Waals surface area contributed by atoms with E-state index in [2.05, 4.69) is 12.1 Å². The van der Waals surface area contributed by atoms with Crippen molar-refractivity contribution in [2.24, 2.45) is 0 Å². The maximum absolute atomic E-state index is 5.60. The number of benzene rings is 2. The maximum Gasteiger partial charge on any atom is 0.0314 e. The predicted octanol–water partition coefficient (Wildman–Crippen LogP) is 3.36. The van der Waals surface area contributed by atoms with Gasteiger partial charge in [0.1, 0.15) is 0 Å². The van der Waals surface area contributed by atoms with E-state index in [4.69, 9.17) is 5.73 Å². The van der Waals surface area contributed by atoms with E-state index in [-0.39, 0.29) is 12.4 Å². The fraction of sp³-hybridized carbons (Fsp3) is 0. The molecule has 2 aromatic rings. The van der Waals surface area contributed by atoms with E-state index in [0.29, 0.717) is 0 Å². The number of nitrogens with two attached hydrogens (primary N) is 1.